The summed E-state index contributed by atoms with van der Waals surface area (Å²) in [6.07, 6.45) is 2.10. The highest BCUT2D eigenvalue weighted by atomic mass is 28.4. The first-order valence-electron chi connectivity index (χ1n) is 6.39. The molecular weight excluding hydrogens is 252 g/mol. The molecule has 0 aliphatic heterocycles. The summed E-state index contributed by atoms with van der Waals surface area (Å²) >= 11 is 0. The van der Waals surface area contributed by atoms with Gasteiger partial charge in [-0.3, -0.25) is 4.79 Å². The Morgan fingerprint density at radius 3 is 1.89 bits per heavy atom. The average molecular weight is 276 g/mol. The number of carbonyl (C=O) groups excluding carboxylic acids is 1. The Morgan fingerprint density at radius 1 is 1.00 bits per heavy atom. The Labute approximate surface area is 110 Å². The molecule has 0 aromatic rings. The number of esters is 1. The third-order valence-electron chi connectivity index (χ3n) is 1.99. The smallest absolute Gasteiger partial charge is 0.461 e. The molecule has 0 bridgehead atoms. The largest absolute Gasteiger partial charge is 0.529 e. The quantitative estimate of drug-likeness (QED) is 0.452. The van der Waals surface area contributed by atoms with Crippen molar-refractivity contribution in [2.75, 3.05) is 26.4 Å². The highest BCUT2D eigenvalue weighted by Crippen LogP contribution is 2.11. The molecule has 0 saturated carbocycles. The third-order valence-corrected chi connectivity index (χ3v) is 4.70. The van der Waals surface area contributed by atoms with Crippen molar-refractivity contribution >= 4 is 14.8 Å². The van der Waals surface area contributed by atoms with E-state index in [2.05, 4.69) is 0 Å². The van der Waals surface area contributed by atoms with Gasteiger partial charge in [0.05, 0.1) is 0 Å². The summed E-state index contributed by atoms with van der Waals surface area (Å²) in [7, 11) is -2.75. The zero-order valence-electron chi connectivity index (χ0n) is 11.7. The van der Waals surface area contributed by atoms with Crippen molar-refractivity contribution in [2.45, 2.75) is 34.1 Å². The van der Waals surface area contributed by atoms with Gasteiger partial charge >= 0.3 is 14.8 Å². The number of carbonyl (C=O) groups is 1. The molecule has 0 heterocycles. The first-order valence-corrected chi connectivity index (χ1v) is 8.19. The summed E-state index contributed by atoms with van der Waals surface area (Å²) in [5.74, 6) is -0.226. The Hall–Kier alpha value is -0.693. The molecule has 6 heteroatoms. The van der Waals surface area contributed by atoms with Gasteiger partial charge in [-0.2, -0.15) is 0 Å². The number of ether oxygens (including phenoxy) is 1. The fraction of sp³-hybridized carbons (Fsp3) is 0.750. The SMILES string of the molecule is CCO[Si](/C=C/COC(=O)CC)(OCC)OCC. The van der Waals surface area contributed by atoms with Crippen LogP contribution in [0.5, 0.6) is 0 Å². The predicted molar refractivity (Wildman–Crippen MR) is 71.0 cm³/mol. The van der Waals surface area contributed by atoms with Crippen molar-refractivity contribution in [3.8, 4) is 0 Å². The molecule has 0 fully saturated rings. The maximum absolute atomic E-state index is 11.0. The highest BCUT2D eigenvalue weighted by molar-refractivity contribution is 6.66. The number of hydrogen-bond acceptors (Lipinski definition) is 5. The second-order valence-electron chi connectivity index (χ2n) is 3.34. The lowest BCUT2D eigenvalue weighted by Gasteiger charge is -2.25. The van der Waals surface area contributed by atoms with Gasteiger partial charge in [0.25, 0.3) is 0 Å². The summed E-state index contributed by atoms with van der Waals surface area (Å²) in [6.45, 7) is 9.21. The maximum atomic E-state index is 11.0. The van der Waals surface area contributed by atoms with Crippen molar-refractivity contribution in [1.29, 1.82) is 0 Å². The molecule has 0 saturated heterocycles. The van der Waals surface area contributed by atoms with Crippen LogP contribution in [0.4, 0.5) is 0 Å². The van der Waals surface area contributed by atoms with Crippen LogP contribution < -0.4 is 0 Å². The van der Waals surface area contributed by atoms with Crippen molar-refractivity contribution < 1.29 is 22.8 Å². The maximum Gasteiger partial charge on any atom is 0.529 e. The number of hydrogen-bond donors (Lipinski definition) is 0. The van der Waals surface area contributed by atoms with E-state index in [0.29, 0.717) is 26.2 Å². The van der Waals surface area contributed by atoms with Gasteiger partial charge in [-0.25, -0.2) is 0 Å². The van der Waals surface area contributed by atoms with Crippen LogP contribution in [-0.4, -0.2) is 41.2 Å². The minimum Gasteiger partial charge on any atom is -0.461 e. The molecule has 0 radical (unpaired) electrons. The Kier molecular flexibility index (Phi) is 9.86. The van der Waals surface area contributed by atoms with Gasteiger partial charge in [-0.1, -0.05) is 6.92 Å². The molecule has 0 spiro atoms. The highest BCUT2D eigenvalue weighted by Gasteiger charge is 2.37. The van der Waals surface area contributed by atoms with Crippen LogP contribution in [0.15, 0.2) is 11.8 Å². The zero-order chi connectivity index (χ0) is 13.9. The molecule has 0 aliphatic rings. The second kappa shape index (κ2) is 10.2. The Balaban J connectivity index is 4.44. The van der Waals surface area contributed by atoms with Gasteiger partial charge in [0, 0.05) is 26.2 Å². The van der Waals surface area contributed by atoms with E-state index in [1.165, 1.54) is 0 Å². The van der Waals surface area contributed by atoms with E-state index in [1.807, 2.05) is 20.8 Å². The van der Waals surface area contributed by atoms with E-state index in [1.54, 1.807) is 18.7 Å². The van der Waals surface area contributed by atoms with Crippen molar-refractivity contribution in [3.05, 3.63) is 11.8 Å². The van der Waals surface area contributed by atoms with Crippen LogP contribution in [0.1, 0.15) is 34.1 Å². The van der Waals surface area contributed by atoms with E-state index in [0.717, 1.165) is 0 Å². The molecule has 0 aromatic carbocycles. The molecule has 0 unspecified atom stereocenters. The molecule has 0 amide bonds. The van der Waals surface area contributed by atoms with E-state index in [-0.39, 0.29) is 12.6 Å². The second-order valence-corrected chi connectivity index (χ2v) is 5.75. The molecule has 0 aliphatic carbocycles. The Morgan fingerprint density at radius 2 is 1.50 bits per heavy atom. The van der Waals surface area contributed by atoms with Gasteiger partial charge in [0.15, 0.2) is 0 Å². The van der Waals surface area contributed by atoms with Crippen molar-refractivity contribution in [2.24, 2.45) is 0 Å². The summed E-state index contributed by atoms with van der Waals surface area (Å²) < 4.78 is 21.8. The molecule has 0 atom stereocenters. The predicted octanol–water partition coefficient (Wildman–Crippen LogP) is 2.08. The first-order chi connectivity index (χ1) is 8.64. The van der Waals surface area contributed by atoms with Crippen LogP contribution in [-0.2, 0) is 22.8 Å². The van der Waals surface area contributed by atoms with Crippen LogP contribution in [0.2, 0.25) is 0 Å². The molecule has 18 heavy (non-hydrogen) atoms. The summed E-state index contributed by atoms with van der Waals surface area (Å²) in [5.41, 5.74) is 1.77. The van der Waals surface area contributed by atoms with Crippen LogP contribution in [0.3, 0.4) is 0 Å². The van der Waals surface area contributed by atoms with Crippen LogP contribution in [0.25, 0.3) is 0 Å². The summed E-state index contributed by atoms with van der Waals surface area (Å²) in [4.78, 5) is 11.0. The van der Waals surface area contributed by atoms with E-state index < -0.39 is 8.80 Å². The fourth-order valence-electron chi connectivity index (χ4n) is 1.31. The summed E-state index contributed by atoms with van der Waals surface area (Å²) in [5, 5.41) is 0. The van der Waals surface area contributed by atoms with Crippen molar-refractivity contribution in [1.82, 2.24) is 0 Å². The van der Waals surface area contributed by atoms with Crippen LogP contribution in [0, 0.1) is 0 Å². The van der Waals surface area contributed by atoms with Crippen LogP contribution >= 0.6 is 0 Å². The zero-order valence-corrected chi connectivity index (χ0v) is 12.7. The third kappa shape index (κ3) is 6.90. The van der Waals surface area contributed by atoms with Crippen molar-refractivity contribution in [3.63, 3.8) is 0 Å². The van der Waals surface area contributed by atoms with Gasteiger partial charge in [0.1, 0.15) is 6.61 Å². The molecule has 106 valence electrons. The fourth-order valence-corrected chi connectivity index (χ4v) is 3.44. The Bertz CT molecular complexity index is 238. The first kappa shape index (κ1) is 17.3. The van der Waals surface area contributed by atoms with E-state index in [9.17, 15) is 4.79 Å². The topological polar surface area (TPSA) is 54.0 Å². The van der Waals surface area contributed by atoms with E-state index in [4.69, 9.17) is 18.0 Å². The number of rotatable bonds is 10. The minimum atomic E-state index is -2.75. The monoisotopic (exact) mass is 276 g/mol. The van der Waals surface area contributed by atoms with Gasteiger partial charge in [0.2, 0.25) is 0 Å². The summed E-state index contributed by atoms with van der Waals surface area (Å²) in [6, 6.07) is 0. The normalized spacial score (nSPS) is 12.0. The van der Waals surface area contributed by atoms with E-state index >= 15 is 0 Å². The van der Waals surface area contributed by atoms with Gasteiger partial charge in [-0.15, -0.1) is 0 Å². The molecule has 0 N–H and O–H groups in total. The minimum absolute atomic E-state index is 0.217. The lowest BCUT2D eigenvalue weighted by atomic mass is 10.5. The van der Waals surface area contributed by atoms with Gasteiger partial charge in [-0.05, 0) is 32.5 Å². The van der Waals surface area contributed by atoms with Gasteiger partial charge < -0.3 is 18.0 Å². The average Bonchev–Trinajstić information content (AvgIpc) is 2.35. The molecular formula is C12H24O5Si. The standard InChI is InChI=1S/C12H24O5Si/c1-5-12(13)14-10-9-11-18(15-6-2,16-7-3)17-8-4/h9,11H,5-8,10H2,1-4H3/b11-9+. The molecule has 0 aromatic heterocycles. The lowest BCUT2D eigenvalue weighted by Crippen LogP contribution is -2.44. The molecule has 0 rings (SSSR count). The lowest BCUT2D eigenvalue weighted by molar-refractivity contribution is -0.141. The molecule has 5 nitrogen and oxygen atoms in total.